The second kappa shape index (κ2) is 10.7. The Hall–Kier alpha value is -3.72. The van der Waals surface area contributed by atoms with Crippen molar-refractivity contribution in [1.29, 1.82) is 0 Å². The summed E-state index contributed by atoms with van der Waals surface area (Å²) < 4.78 is 7.18. The summed E-state index contributed by atoms with van der Waals surface area (Å²) in [5.41, 5.74) is 3.97. The average molecular weight is 523 g/mol. The molecule has 0 saturated heterocycles. The molecule has 37 heavy (non-hydrogen) atoms. The molecular weight excluding hydrogens is 492 g/mol. The molecular formula is C27H31ClN6O3. The molecule has 2 N–H and O–H groups in total. The van der Waals surface area contributed by atoms with E-state index in [9.17, 15) is 9.59 Å². The van der Waals surface area contributed by atoms with Gasteiger partial charge in [0.05, 0.1) is 17.8 Å². The number of alkyl carbamates (subject to hydrolysis) is 1. The van der Waals surface area contributed by atoms with Gasteiger partial charge in [0.15, 0.2) is 5.82 Å². The van der Waals surface area contributed by atoms with Gasteiger partial charge in [-0.25, -0.2) is 4.79 Å². The second-order valence-corrected chi connectivity index (χ2v) is 10.4. The third kappa shape index (κ3) is 6.35. The number of carbonyl (C=O) groups is 2. The number of rotatable bonds is 6. The predicted octanol–water partition coefficient (Wildman–Crippen LogP) is 4.46. The van der Waals surface area contributed by atoms with Crippen molar-refractivity contribution >= 4 is 29.3 Å². The van der Waals surface area contributed by atoms with E-state index >= 15 is 0 Å². The van der Waals surface area contributed by atoms with Crippen molar-refractivity contribution in [2.24, 2.45) is 4.99 Å². The van der Waals surface area contributed by atoms with Crippen molar-refractivity contribution in [3.05, 3.63) is 75.8 Å². The fourth-order valence-corrected chi connectivity index (χ4v) is 4.24. The van der Waals surface area contributed by atoms with Gasteiger partial charge in [-0.05, 0) is 58.9 Å². The number of aromatic nitrogens is 3. The maximum absolute atomic E-state index is 12.9. The summed E-state index contributed by atoms with van der Waals surface area (Å²) in [6.07, 6.45) is -0.464. The summed E-state index contributed by atoms with van der Waals surface area (Å²) in [4.78, 5) is 29.8. The van der Waals surface area contributed by atoms with Crippen molar-refractivity contribution in [1.82, 2.24) is 25.4 Å². The van der Waals surface area contributed by atoms with Crippen LogP contribution in [0.15, 0.2) is 47.5 Å². The van der Waals surface area contributed by atoms with E-state index in [1.165, 1.54) is 0 Å². The summed E-state index contributed by atoms with van der Waals surface area (Å²) in [5.74, 6) is 1.08. The minimum atomic E-state index is -0.586. The lowest BCUT2D eigenvalue weighted by atomic mass is 9.98. The minimum absolute atomic E-state index is 0.0641. The molecule has 1 aliphatic heterocycles. The minimum Gasteiger partial charge on any atom is -0.444 e. The van der Waals surface area contributed by atoms with E-state index in [4.69, 9.17) is 21.3 Å². The standard InChI is InChI=1S/C27H31ClN6O3/c1-16-6-11-22-20(14-16)24(18-7-9-19(28)10-8-18)31-21(25-33-32-17(2)34(22)25)15-23(35)29-12-13-30-26(36)37-27(3,4)5/h6-11,14,21H,12-13,15H2,1-5H3,(H,29,35)(H,30,36)/t21-/m0/s1. The first-order chi connectivity index (χ1) is 17.5. The fourth-order valence-electron chi connectivity index (χ4n) is 4.11. The van der Waals surface area contributed by atoms with Crippen molar-refractivity contribution in [2.45, 2.75) is 52.7 Å². The van der Waals surface area contributed by atoms with Crippen LogP contribution in [0.4, 0.5) is 4.79 Å². The Morgan fingerprint density at radius 2 is 1.73 bits per heavy atom. The molecule has 0 fully saturated rings. The van der Waals surface area contributed by atoms with E-state index in [1.54, 1.807) is 20.8 Å². The maximum atomic E-state index is 12.9. The quantitative estimate of drug-likeness (QED) is 0.464. The number of fused-ring (bicyclic) bond motifs is 3. The van der Waals surface area contributed by atoms with E-state index < -0.39 is 17.7 Å². The molecule has 0 saturated carbocycles. The number of benzene rings is 2. The molecule has 2 amide bonds. The predicted molar refractivity (Wildman–Crippen MR) is 143 cm³/mol. The number of hydrogen-bond acceptors (Lipinski definition) is 6. The van der Waals surface area contributed by atoms with Crippen molar-refractivity contribution < 1.29 is 14.3 Å². The Labute approximate surface area is 221 Å². The van der Waals surface area contributed by atoms with Crippen LogP contribution in [0.5, 0.6) is 0 Å². The number of amides is 2. The summed E-state index contributed by atoms with van der Waals surface area (Å²) >= 11 is 6.14. The fraction of sp³-hybridized carbons (Fsp3) is 0.370. The Balaban J connectivity index is 1.59. The SMILES string of the molecule is Cc1ccc2c(c1)C(c1ccc(Cl)cc1)=N[C@@H](CC(=O)NCCNC(=O)OC(C)(C)C)c1nnc(C)n1-2. The number of ether oxygens (including phenoxy) is 1. The second-order valence-electron chi connectivity index (χ2n) is 9.94. The van der Waals surface area contributed by atoms with Gasteiger partial charge in [0, 0.05) is 29.2 Å². The molecule has 9 nitrogen and oxygen atoms in total. The van der Waals surface area contributed by atoms with Crippen molar-refractivity contribution in [3.8, 4) is 5.69 Å². The van der Waals surface area contributed by atoms with Crippen LogP contribution in [0.3, 0.4) is 0 Å². The highest BCUT2D eigenvalue weighted by atomic mass is 35.5. The smallest absolute Gasteiger partial charge is 0.407 e. The van der Waals surface area contributed by atoms with Crippen LogP contribution in [-0.2, 0) is 9.53 Å². The normalized spacial score (nSPS) is 14.6. The van der Waals surface area contributed by atoms with Crippen molar-refractivity contribution in [3.63, 3.8) is 0 Å². The Kier molecular flexibility index (Phi) is 7.63. The van der Waals surface area contributed by atoms with Gasteiger partial charge in [0.25, 0.3) is 0 Å². The average Bonchev–Trinajstić information content (AvgIpc) is 3.14. The number of halogens is 1. The molecule has 194 valence electrons. The van der Waals surface area contributed by atoms with Gasteiger partial charge in [-0.1, -0.05) is 35.4 Å². The zero-order valence-corrected chi connectivity index (χ0v) is 22.4. The zero-order valence-electron chi connectivity index (χ0n) is 21.6. The maximum Gasteiger partial charge on any atom is 0.407 e. The largest absolute Gasteiger partial charge is 0.444 e. The summed E-state index contributed by atoms with van der Waals surface area (Å²) in [7, 11) is 0. The van der Waals surface area contributed by atoms with Gasteiger partial charge < -0.3 is 15.4 Å². The molecule has 2 aromatic carbocycles. The van der Waals surface area contributed by atoms with E-state index in [2.05, 4.69) is 26.9 Å². The van der Waals surface area contributed by atoms with Gasteiger partial charge in [-0.3, -0.25) is 14.4 Å². The van der Waals surface area contributed by atoms with Gasteiger partial charge in [-0.15, -0.1) is 10.2 Å². The molecule has 0 unspecified atom stereocenters. The Bertz CT molecular complexity index is 1340. The van der Waals surface area contributed by atoms with Crippen LogP contribution in [0.25, 0.3) is 5.69 Å². The van der Waals surface area contributed by atoms with Crippen LogP contribution < -0.4 is 10.6 Å². The van der Waals surface area contributed by atoms with Gasteiger partial charge in [0.1, 0.15) is 17.5 Å². The van der Waals surface area contributed by atoms with Crippen LogP contribution in [0, 0.1) is 13.8 Å². The van der Waals surface area contributed by atoms with Gasteiger partial charge in [-0.2, -0.15) is 0 Å². The number of nitrogens with one attached hydrogen (secondary N) is 2. The van der Waals surface area contributed by atoms with Crippen LogP contribution in [0.1, 0.15) is 61.6 Å². The van der Waals surface area contributed by atoms with Gasteiger partial charge >= 0.3 is 6.09 Å². The third-order valence-electron chi connectivity index (χ3n) is 5.69. The highest BCUT2D eigenvalue weighted by Gasteiger charge is 2.29. The highest BCUT2D eigenvalue weighted by Crippen LogP contribution is 2.33. The Morgan fingerprint density at radius 3 is 2.43 bits per heavy atom. The molecule has 2 heterocycles. The Morgan fingerprint density at radius 1 is 1.03 bits per heavy atom. The molecule has 0 aliphatic carbocycles. The van der Waals surface area contributed by atoms with E-state index in [1.807, 2.05) is 54.8 Å². The first-order valence-corrected chi connectivity index (χ1v) is 12.5. The van der Waals surface area contributed by atoms with Gasteiger partial charge in [0.2, 0.25) is 5.91 Å². The first-order valence-electron chi connectivity index (χ1n) is 12.1. The number of hydrogen-bond donors (Lipinski definition) is 2. The zero-order chi connectivity index (χ0) is 26.7. The summed E-state index contributed by atoms with van der Waals surface area (Å²) in [5, 5.41) is 14.8. The molecule has 1 aliphatic rings. The number of aliphatic imine (C=N–C) groups is 1. The molecule has 1 atom stereocenters. The van der Waals surface area contributed by atoms with Crippen molar-refractivity contribution in [2.75, 3.05) is 13.1 Å². The molecule has 0 bridgehead atoms. The van der Waals surface area contributed by atoms with E-state index in [0.29, 0.717) is 16.7 Å². The number of aryl methyl sites for hydroxylation is 2. The number of nitrogens with zero attached hydrogens (tertiary/aromatic N) is 4. The topological polar surface area (TPSA) is 110 Å². The highest BCUT2D eigenvalue weighted by molar-refractivity contribution is 6.30. The lowest BCUT2D eigenvalue weighted by Crippen LogP contribution is -2.38. The van der Waals surface area contributed by atoms with Crippen LogP contribution in [-0.4, -0.2) is 51.2 Å². The molecule has 10 heteroatoms. The summed E-state index contributed by atoms with van der Waals surface area (Å²) in [6, 6.07) is 13.1. The molecule has 1 aromatic heterocycles. The first kappa shape index (κ1) is 26.3. The lowest BCUT2D eigenvalue weighted by molar-refractivity contribution is -0.121. The molecule has 4 rings (SSSR count). The van der Waals surface area contributed by atoms with E-state index in [0.717, 1.165) is 28.1 Å². The monoisotopic (exact) mass is 522 g/mol. The molecule has 3 aromatic rings. The molecule has 0 spiro atoms. The third-order valence-corrected chi connectivity index (χ3v) is 5.94. The lowest BCUT2D eigenvalue weighted by Gasteiger charge is -2.19. The number of carbonyl (C=O) groups excluding carboxylic acids is 2. The summed E-state index contributed by atoms with van der Waals surface area (Å²) in [6.45, 7) is 9.78. The molecule has 0 radical (unpaired) electrons. The van der Waals surface area contributed by atoms with Crippen LogP contribution >= 0.6 is 11.6 Å². The van der Waals surface area contributed by atoms with Crippen LogP contribution in [0.2, 0.25) is 5.02 Å². The van der Waals surface area contributed by atoms with E-state index in [-0.39, 0.29) is 25.4 Å².